The molecular formula is C22H19BrN6O2. The van der Waals surface area contributed by atoms with Gasteiger partial charge >= 0.3 is 0 Å². The number of aromatic nitrogens is 4. The molecule has 0 fully saturated rings. The van der Waals surface area contributed by atoms with Crippen LogP contribution in [0.15, 0.2) is 94.9 Å². The van der Waals surface area contributed by atoms with Crippen molar-refractivity contribution in [2.75, 3.05) is 5.73 Å². The van der Waals surface area contributed by atoms with Gasteiger partial charge in [0.2, 0.25) is 11.9 Å². The summed E-state index contributed by atoms with van der Waals surface area (Å²) >= 11 is 3.33. The highest BCUT2D eigenvalue weighted by Gasteiger charge is 2.07. The fourth-order valence-electron chi connectivity index (χ4n) is 2.43. The molecule has 0 saturated heterocycles. The molecule has 0 aliphatic rings. The lowest BCUT2D eigenvalue weighted by atomic mass is 10.0. The zero-order chi connectivity index (χ0) is 22.1. The predicted octanol–water partition coefficient (Wildman–Crippen LogP) is 3.45. The molecule has 0 amide bonds. The number of aliphatic imine (C=N–C) groups is 1. The average molecular weight is 479 g/mol. The van der Waals surface area contributed by atoms with E-state index in [4.69, 9.17) is 15.9 Å². The van der Waals surface area contributed by atoms with Gasteiger partial charge in [-0.05, 0) is 15.9 Å². The molecule has 0 spiro atoms. The van der Waals surface area contributed by atoms with Crippen LogP contribution in [0.3, 0.4) is 0 Å². The van der Waals surface area contributed by atoms with Crippen molar-refractivity contribution in [3.05, 3.63) is 107 Å². The third-order valence-electron chi connectivity index (χ3n) is 3.90. The summed E-state index contributed by atoms with van der Waals surface area (Å²) in [6.07, 6.45) is 4.37. The standard InChI is InChI=1S/C17H12BrN3.C5H7N3O2/c18-15-11-19-17(20-12-15)21-16(13-7-3-1-4-8-13)14-9-5-2-6-10-14;6-5-7-1-3(2-8-5)4(9)10/h1-12H;1-2,4,9-10H,(H2,6,7,8). The molecule has 4 rings (SSSR count). The maximum atomic E-state index is 8.55. The summed E-state index contributed by atoms with van der Waals surface area (Å²) in [5.41, 5.74) is 8.31. The van der Waals surface area contributed by atoms with E-state index < -0.39 is 6.29 Å². The van der Waals surface area contributed by atoms with Crippen LogP contribution in [0, 0.1) is 0 Å². The van der Waals surface area contributed by atoms with E-state index in [2.05, 4.69) is 40.9 Å². The second-order valence-corrected chi connectivity index (χ2v) is 7.06. The first-order valence-corrected chi connectivity index (χ1v) is 9.93. The van der Waals surface area contributed by atoms with Crippen LogP contribution in [0.1, 0.15) is 23.0 Å². The van der Waals surface area contributed by atoms with Crippen LogP contribution in [-0.4, -0.2) is 35.9 Å². The Morgan fingerprint density at radius 2 is 1.26 bits per heavy atom. The molecule has 8 nitrogen and oxygen atoms in total. The summed E-state index contributed by atoms with van der Waals surface area (Å²) in [6.45, 7) is 0. The molecule has 0 aliphatic heterocycles. The Hall–Kier alpha value is -3.53. The van der Waals surface area contributed by atoms with E-state index in [0.717, 1.165) is 21.3 Å². The number of aliphatic hydroxyl groups is 2. The largest absolute Gasteiger partial charge is 0.368 e. The van der Waals surface area contributed by atoms with Crippen molar-refractivity contribution >= 4 is 33.5 Å². The molecule has 2 heterocycles. The molecule has 2 aromatic heterocycles. The van der Waals surface area contributed by atoms with E-state index in [9.17, 15) is 0 Å². The number of anilines is 1. The van der Waals surface area contributed by atoms with Crippen molar-refractivity contribution in [3.8, 4) is 0 Å². The summed E-state index contributed by atoms with van der Waals surface area (Å²) in [6, 6.07) is 20.1. The average Bonchev–Trinajstić information content (AvgIpc) is 2.80. The third-order valence-corrected chi connectivity index (χ3v) is 4.31. The van der Waals surface area contributed by atoms with Gasteiger partial charge in [-0.1, -0.05) is 60.7 Å². The molecule has 0 atom stereocenters. The van der Waals surface area contributed by atoms with Gasteiger partial charge < -0.3 is 15.9 Å². The van der Waals surface area contributed by atoms with E-state index in [0.29, 0.717) is 5.95 Å². The molecule has 0 radical (unpaired) electrons. The molecule has 0 bridgehead atoms. The van der Waals surface area contributed by atoms with Crippen LogP contribution >= 0.6 is 15.9 Å². The molecule has 0 aliphatic carbocycles. The van der Waals surface area contributed by atoms with E-state index in [1.165, 1.54) is 12.4 Å². The van der Waals surface area contributed by atoms with Crippen molar-refractivity contribution in [1.82, 2.24) is 19.9 Å². The van der Waals surface area contributed by atoms with Gasteiger partial charge in [0.15, 0.2) is 6.29 Å². The van der Waals surface area contributed by atoms with Gasteiger partial charge in [-0.25, -0.2) is 24.9 Å². The van der Waals surface area contributed by atoms with Crippen molar-refractivity contribution in [3.63, 3.8) is 0 Å². The molecule has 0 unspecified atom stereocenters. The summed E-state index contributed by atoms with van der Waals surface area (Å²) in [5, 5.41) is 17.1. The Morgan fingerprint density at radius 1 is 0.774 bits per heavy atom. The number of nitrogens with two attached hydrogens (primary N) is 1. The SMILES string of the molecule is Brc1cnc(N=C(c2ccccc2)c2ccccc2)nc1.Nc1ncc(C(O)O)cn1. The topological polar surface area (TPSA) is 130 Å². The first-order valence-electron chi connectivity index (χ1n) is 9.13. The Balaban J connectivity index is 0.000000229. The minimum atomic E-state index is -1.53. The lowest BCUT2D eigenvalue weighted by molar-refractivity contribution is -0.0429. The Labute approximate surface area is 187 Å². The Kier molecular flexibility index (Phi) is 7.88. The van der Waals surface area contributed by atoms with Gasteiger partial charge in [0.05, 0.1) is 10.2 Å². The number of nitrogens with zero attached hydrogens (tertiary/aromatic N) is 5. The third kappa shape index (κ3) is 6.75. The highest BCUT2D eigenvalue weighted by molar-refractivity contribution is 9.10. The smallest absolute Gasteiger partial charge is 0.249 e. The first kappa shape index (κ1) is 22.2. The normalized spacial score (nSPS) is 10.2. The van der Waals surface area contributed by atoms with Gasteiger partial charge in [-0.15, -0.1) is 0 Å². The minimum absolute atomic E-state index is 0.115. The monoisotopic (exact) mass is 478 g/mol. The number of rotatable bonds is 4. The molecular weight excluding hydrogens is 460 g/mol. The van der Waals surface area contributed by atoms with Crippen LogP contribution < -0.4 is 5.73 Å². The molecule has 31 heavy (non-hydrogen) atoms. The van der Waals surface area contributed by atoms with E-state index >= 15 is 0 Å². The van der Waals surface area contributed by atoms with Crippen molar-refractivity contribution in [1.29, 1.82) is 0 Å². The molecule has 0 saturated carbocycles. The van der Waals surface area contributed by atoms with Crippen LogP contribution in [0.2, 0.25) is 0 Å². The first-order chi connectivity index (χ1) is 15.0. The highest BCUT2D eigenvalue weighted by Crippen LogP contribution is 2.16. The van der Waals surface area contributed by atoms with Crippen LogP contribution in [0.4, 0.5) is 11.9 Å². The van der Waals surface area contributed by atoms with Gasteiger partial charge in [-0.3, -0.25) is 0 Å². The molecule has 4 N–H and O–H groups in total. The predicted molar refractivity (Wildman–Crippen MR) is 122 cm³/mol. The molecule has 4 aromatic rings. The maximum absolute atomic E-state index is 8.55. The fraction of sp³-hybridized carbons (Fsp3) is 0.0455. The lowest BCUT2D eigenvalue weighted by Gasteiger charge is -2.06. The zero-order valence-corrected chi connectivity index (χ0v) is 17.8. The molecule has 156 valence electrons. The van der Waals surface area contributed by atoms with Gasteiger partial charge in [-0.2, -0.15) is 0 Å². The number of halogens is 1. The Bertz CT molecular complexity index is 1060. The van der Waals surface area contributed by atoms with E-state index in [1.807, 2.05) is 60.7 Å². The Morgan fingerprint density at radius 3 is 1.71 bits per heavy atom. The number of hydrogen-bond donors (Lipinski definition) is 3. The quantitative estimate of drug-likeness (QED) is 0.302. The minimum Gasteiger partial charge on any atom is -0.368 e. The van der Waals surface area contributed by atoms with Gasteiger partial charge in [0.1, 0.15) is 0 Å². The summed E-state index contributed by atoms with van der Waals surface area (Å²) in [5.74, 6) is 0.560. The summed E-state index contributed by atoms with van der Waals surface area (Å²) in [4.78, 5) is 20.2. The van der Waals surface area contributed by atoms with Crippen molar-refractivity contribution < 1.29 is 10.2 Å². The maximum Gasteiger partial charge on any atom is 0.249 e. The van der Waals surface area contributed by atoms with E-state index in [1.54, 1.807) is 12.4 Å². The highest BCUT2D eigenvalue weighted by atomic mass is 79.9. The van der Waals surface area contributed by atoms with Crippen LogP contribution in [0.25, 0.3) is 0 Å². The zero-order valence-electron chi connectivity index (χ0n) is 16.2. The lowest BCUT2D eigenvalue weighted by Crippen LogP contribution is -2.03. The number of benzene rings is 2. The van der Waals surface area contributed by atoms with Crippen LogP contribution in [-0.2, 0) is 0 Å². The molecule has 2 aromatic carbocycles. The number of hydrogen-bond acceptors (Lipinski definition) is 8. The van der Waals surface area contributed by atoms with Crippen molar-refractivity contribution in [2.24, 2.45) is 4.99 Å². The second-order valence-electron chi connectivity index (χ2n) is 6.14. The number of nitrogen functional groups attached to an aromatic ring is 1. The van der Waals surface area contributed by atoms with Crippen molar-refractivity contribution in [2.45, 2.75) is 6.29 Å². The fourth-order valence-corrected chi connectivity index (χ4v) is 2.64. The van der Waals surface area contributed by atoms with Crippen LogP contribution in [0.5, 0.6) is 0 Å². The summed E-state index contributed by atoms with van der Waals surface area (Å²) in [7, 11) is 0. The molecule has 9 heteroatoms. The number of aliphatic hydroxyl groups excluding tert-OH is 1. The summed E-state index contributed by atoms with van der Waals surface area (Å²) < 4.78 is 0.836. The second kappa shape index (κ2) is 11.0. The van der Waals surface area contributed by atoms with Gasteiger partial charge in [0, 0.05) is 41.5 Å². The van der Waals surface area contributed by atoms with E-state index in [-0.39, 0.29) is 11.5 Å². The van der Waals surface area contributed by atoms with Gasteiger partial charge in [0.25, 0.3) is 0 Å².